The highest BCUT2D eigenvalue weighted by atomic mass is 35.5. The number of nitrogens with one attached hydrogen (secondary N) is 1. The first-order valence-electron chi connectivity index (χ1n) is 8.99. The number of halogens is 2. The van der Waals surface area contributed by atoms with Gasteiger partial charge in [-0.25, -0.2) is 9.38 Å². The van der Waals surface area contributed by atoms with E-state index < -0.39 is 0 Å². The quantitative estimate of drug-likeness (QED) is 0.711. The van der Waals surface area contributed by atoms with Gasteiger partial charge in [0.15, 0.2) is 5.17 Å². The standard InChI is InChI=1S/C21H20FN3OS.ClH/c1-14-4-7-16(8-5-14)23-21-24-20(26)19(27-21)13-15-6-9-18(17(22)12-15)25-10-2-3-11-25;/h4-9,12-13H,2-3,10-11H2,1H3,(H,23,24,26);1H. The molecule has 0 bridgehead atoms. The van der Waals surface area contributed by atoms with Gasteiger partial charge in [0.2, 0.25) is 0 Å². The van der Waals surface area contributed by atoms with Crippen LogP contribution in [-0.2, 0) is 4.79 Å². The third-order valence-electron chi connectivity index (χ3n) is 4.63. The first-order valence-corrected chi connectivity index (χ1v) is 9.81. The SMILES string of the molecule is Cc1ccc(N=C2NC(=O)C(=Cc3ccc(N4CCCC4)c(F)c3)S2)cc1.Cl. The van der Waals surface area contributed by atoms with Gasteiger partial charge in [-0.1, -0.05) is 23.8 Å². The van der Waals surface area contributed by atoms with Gasteiger partial charge in [-0.2, -0.15) is 0 Å². The maximum absolute atomic E-state index is 14.5. The Balaban J connectivity index is 0.00000225. The molecule has 0 atom stereocenters. The Morgan fingerprint density at radius 2 is 1.86 bits per heavy atom. The predicted octanol–water partition coefficient (Wildman–Crippen LogP) is 5.05. The Morgan fingerprint density at radius 3 is 2.54 bits per heavy atom. The van der Waals surface area contributed by atoms with Crippen molar-refractivity contribution in [2.24, 2.45) is 4.99 Å². The van der Waals surface area contributed by atoms with Gasteiger partial charge in [-0.05, 0) is 67.4 Å². The Labute approximate surface area is 174 Å². The van der Waals surface area contributed by atoms with Crippen LogP contribution in [0.5, 0.6) is 0 Å². The molecule has 4 nitrogen and oxygen atoms in total. The summed E-state index contributed by atoms with van der Waals surface area (Å²) in [6, 6.07) is 12.9. The average molecular weight is 418 g/mol. The number of carbonyl (C=O) groups is 1. The molecule has 4 rings (SSSR count). The van der Waals surface area contributed by atoms with E-state index in [0.717, 1.165) is 37.2 Å². The number of aliphatic imine (C=N–C) groups is 1. The van der Waals surface area contributed by atoms with Gasteiger partial charge in [0, 0.05) is 13.1 Å². The van der Waals surface area contributed by atoms with Crippen molar-refractivity contribution in [2.45, 2.75) is 19.8 Å². The van der Waals surface area contributed by atoms with Gasteiger partial charge in [-0.3, -0.25) is 4.79 Å². The minimum absolute atomic E-state index is 0. The molecule has 2 saturated heterocycles. The van der Waals surface area contributed by atoms with Crippen LogP contribution in [-0.4, -0.2) is 24.2 Å². The lowest BCUT2D eigenvalue weighted by Gasteiger charge is -2.18. The molecule has 2 aromatic rings. The molecule has 0 radical (unpaired) electrons. The lowest BCUT2D eigenvalue weighted by molar-refractivity contribution is -0.115. The number of hydrogen-bond donors (Lipinski definition) is 1. The van der Waals surface area contributed by atoms with Crippen LogP contribution in [0.4, 0.5) is 15.8 Å². The van der Waals surface area contributed by atoms with E-state index in [1.54, 1.807) is 12.1 Å². The van der Waals surface area contributed by atoms with Crippen LogP contribution in [0, 0.1) is 12.7 Å². The van der Waals surface area contributed by atoms with Crippen LogP contribution < -0.4 is 10.2 Å². The number of benzene rings is 2. The molecule has 1 N–H and O–H groups in total. The molecule has 7 heteroatoms. The van der Waals surface area contributed by atoms with Crippen molar-refractivity contribution in [3.8, 4) is 0 Å². The number of amidine groups is 1. The number of thioether (sulfide) groups is 1. The summed E-state index contributed by atoms with van der Waals surface area (Å²) in [6.45, 7) is 3.81. The predicted molar refractivity (Wildman–Crippen MR) is 117 cm³/mol. The third kappa shape index (κ3) is 4.56. The van der Waals surface area contributed by atoms with E-state index in [1.165, 1.54) is 17.8 Å². The first kappa shape index (κ1) is 20.4. The zero-order valence-electron chi connectivity index (χ0n) is 15.4. The fraction of sp³-hybridized carbons (Fsp3) is 0.238. The van der Waals surface area contributed by atoms with Crippen LogP contribution >= 0.6 is 24.2 Å². The number of rotatable bonds is 3. The molecule has 2 fully saturated rings. The topological polar surface area (TPSA) is 44.7 Å². The van der Waals surface area contributed by atoms with Crippen molar-refractivity contribution >= 4 is 52.7 Å². The third-order valence-corrected chi connectivity index (χ3v) is 5.54. The highest BCUT2D eigenvalue weighted by Crippen LogP contribution is 2.30. The molecule has 0 spiro atoms. The molecule has 0 saturated carbocycles. The molecule has 1 amide bonds. The van der Waals surface area contributed by atoms with E-state index in [9.17, 15) is 9.18 Å². The Hall–Kier alpha value is -2.31. The summed E-state index contributed by atoms with van der Waals surface area (Å²) in [4.78, 5) is 19.2. The highest BCUT2D eigenvalue weighted by Gasteiger charge is 2.24. The van der Waals surface area contributed by atoms with Gasteiger partial charge in [0.25, 0.3) is 5.91 Å². The van der Waals surface area contributed by atoms with E-state index in [4.69, 9.17) is 0 Å². The number of hydrogen-bond acceptors (Lipinski definition) is 4. The van der Waals surface area contributed by atoms with Crippen molar-refractivity contribution in [1.29, 1.82) is 0 Å². The minimum Gasteiger partial charge on any atom is -0.369 e. The first-order chi connectivity index (χ1) is 13.1. The molecule has 2 heterocycles. The minimum atomic E-state index is -0.247. The zero-order chi connectivity index (χ0) is 18.8. The summed E-state index contributed by atoms with van der Waals surface area (Å²) < 4.78 is 14.5. The summed E-state index contributed by atoms with van der Waals surface area (Å²) in [7, 11) is 0. The number of aryl methyl sites for hydroxylation is 1. The second-order valence-corrected chi connectivity index (χ2v) is 7.75. The van der Waals surface area contributed by atoms with Crippen LogP contribution in [0.15, 0.2) is 52.4 Å². The van der Waals surface area contributed by atoms with Crippen LogP contribution in [0.1, 0.15) is 24.0 Å². The van der Waals surface area contributed by atoms with Gasteiger partial charge in [0.1, 0.15) is 5.82 Å². The molecule has 0 unspecified atom stereocenters. The molecule has 2 aromatic carbocycles. The Morgan fingerprint density at radius 1 is 1.14 bits per heavy atom. The van der Waals surface area contributed by atoms with Crippen molar-refractivity contribution in [1.82, 2.24) is 5.32 Å². The van der Waals surface area contributed by atoms with Crippen LogP contribution in [0.2, 0.25) is 0 Å². The van der Waals surface area contributed by atoms with Crippen molar-refractivity contribution in [3.05, 3.63) is 64.3 Å². The van der Waals surface area contributed by atoms with E-state index in [2.05, 4.69) is 15.2 Å². The van der Waals surface area contributed by atoms with E-state index in [-0.39, 0.29) is 24.1 Å². The maximum atomic E-state index is 14.5. The Bertz CT molecular complexity index is 937. The molecule has 28 heavy (non-hydrogen) atoms. The Kier molecular flexibility index (Phi) is 6.42. The van der Waals surface area contributed by atoms with Crippen molar-refractivity contribution < 1.29 is 9.18 Å². The summed E-state index contributed by atoms with van der Waals surface area (Å²) in [5.74, 6) is -0.460. The molecule has 2 aliphatic rings. The molecule has 0 aromatic heterocycles. The van der Waals surface area contributed by atoms with Crippen molar-refractivity contribution in [2.75, 3.05) is 18.0 Å². The van der Waals surface area contributed by atoms with Gasteiger partial charge in [-0.15, -0.1) is 12.4 Å². The maximum Gasteiger partial charge on any atom is 0.264 e. The van der Waals surface area contributed by atoms with E-state index >= 15 is 0 Å². The number of amides is 1. The molecule has 0 aliphatic carbocycles. The second-order valence-electron chi connectivity index (χ2n) is 6.72. The van der Waals surface area contributed by atoms with Crippen LogP contribution in [0.25, 0.3) is 6.08 Å². The molecule has 2 aliphatic heterocycles. The summed E-state index contributed by atoms with van der Waals surface area (Å²) in [6.07, 6.45) is 3.91. The lowest BCUT2D eigenvalue weighted by atomic mass is 10.1. The summed E-state index contributed by atoms with van der Waals surface area (Å²) in [5, 5.41) is 3.29. The number of carbonyl (C=O) groups excluding carboxylic acids is 1. The zero-order valence-corrected chi connectivity index (χ0v) is 17.1. The van der Waals surface area contributed by atoms with E-state index in [1.807, 2.05) is 37.3 Å². The van der Waals surface area contributed by atoms with Crippen molar-refractivity contribution in [3.63, 3.8) is 0 Å². The normalized spacial score (nSPS) is 19.2. The average Bonchev–Trinajstić information content (AvgIpc) is 3.28. The van der Waals surface area contributed by atoms with Gasteiger partial charge < -0.3 is 10.2 Å². The van der Waals surface area contributed by atoms with E-state index in [0.29, 0.717) is 21.3 Å². The summed E-state index contributed by atoms with van der Waals surface area (Å²) in [5.41, 5.74) is 3.25. The molecular formula is C21H21ClFN3OS. The fourth-order valence-electron chi connectivity index (χ4n) is 3.20. The molecular weight excluding hydrogens is 397 g/mol. The highest BCUT2D eigenvalue weighted by molar-refractivity contribution is 8.18. The second kappa shape index (κ2) is 8.80. The van der Waals surface area contributed by atoms with Gasteiger partial charge >= 0.3 is 0 Å². The largest absolute Gasteiger partial charge is 0.369 e. The fourth-order valence-corrected chi connectivity index (χ4v) is 4.04. The lowest BCUT2D eigenvalue weighted by Crippen LogP contribution is -2.19. The van der Waals surface area contributed by atoms with Gasteiger partial charge in [0.05, 0.1) is 16.3 Å². The van der Waals surface area contributed by atoms with Crippen LogP contribution in [0.3, 0.4) is 0 Å². The molecule has 146 valence electrons. The smallest absolute Gasteiger partial charge is 0.264 e. The number of anilines is 1. The summed E-state index contributed by atoms with van der Waals surface area (Å²) >= 11 is 1.27. The monoisotopic (exact) mass is 417 g/mol. The number of nitrogens with zero attached hydrogens (tertiary/aromatic N) is 2.